The van der Waals surface area contributed by atoms with Crippen LogP contribution in [0.3, 0.4) is 0 Å². The van der Waals surface area contributed by atoms with Crippen molar-refractivity contribution >= 4 is 5.69 Å². The molecule has 0 aliphatic carbocycles. The number of unbranched alkanes of at least 4 members (excludes halogenated alkanes) is 1. The van der Waals surface area contributed by atoms with E-state index in [2.05, 4.69) is 189 Å². The van der Waals surface area contributed by atoms with Crippen molar-refractivity contribution in [1.82, 2.24) is 0 Å². The largest absolute Gasteiger partial charge is 0.507 e. The van der Waals surface area contributed by atoms with Crippen molar-refractivity contribution in [3.63, 3.8) is 0 Å². The highest BCUT2D eigenvalue weighted by molar-refractivity contribution is 5.98. The Morgan fingerprint density at radius 3 is 1.05 bits per heavy atom. The molecule has 59 heavy (non-hydrogen) atoms. The van der Waals surface area contributed by atoms with Gasteiger partial charge in [-0.15, -0.1) is 0 Å². The van der Waals surface area contributed by atoms with E-state index in [1.54, 1.807) is 7.11 Å². The second-order valence-electron chi connectivity index (χ2n) is 21.3. The molecule has 0 aliphatic heterocycles. The fourth-order valence-electron chi connectivity index (χ4n) is 8.01. The molecule has 0 amide bonds. The fraction of sp³-hybridized carbons (Fsp3) is 0.455. The molecule has 0 aliphatic rings. The lowest BCUT2D eigenvalue weighted by molar-refractivity contribution is 0.193. The van der Waals surface area contributed by atoms with Gasteiger partial charge in [0.2, 0.25) is 0 Å². The van der Waals surface area contributed by atoms with Gasteiger partial charge in [-0.2, -0.15) is 0 Å². The van der Waals surface area contributed by atoms with Gasteiger partial charge in [0.25, 0.3) is 0 Å². The van der Waals surface area contributed by atoms with Crippen molar-refractivity contribution in [2.24, 2.45) is 0 Å². The van der Waals surface area contributed by atoms with Crippen LogP contribution < -0.4 is 4.90 Å². The summed E-state index contributed by atoms with van der Waals surface area (Å²) in [5.41, 5.74) is 15.9. The predicted octanol–water partition coefficient (Wildman–Crippen LogP) is 14.7. The zero-order chi connectivity index (χ0) is 44.0. The predicted molar refractivity (Wildman–Crippen MR) is 255 cm³/mol. The number of benzene rings is 5. The molecular formula is C55H73NO3. The topological polar surface area (TPSA) is 52.9 Å². The van der Waals surface area contributed by atoms with Crippen molar-refractivity contribution in [3.05, 3.63) is 112 Å². The number of ether oxygens (including phenoxy) is 1. The maximum Gasteiger partial charge on any atom is 0.131 e. The Balaban J connectivity index is 1.84. The number of hydrogen-bond acceptors (Lipinski definition) is 4. The van der Waals surface area contributed by atoms with Gasteiger partial charge in [-0.05, 0) is 142 Å². The number of aryl methyl sites for hydroxylation is 3. The fourth-order valence-corrected chi connectivity index (χ4v) is 8.01. The van der Waals surface area contributed by atoms with Crippen LogP contribution in [-0.4, -0.2) is 37.5 Å². The first-order chi connectivity index (χ1) is 27.2. The third-order valence-electron chi connectivity index (χ3n) is 11.8. The van der Waals surface area contributed by atoms with Crippen LogP contribution in [0.25, 0.3) is 44.5 Å². The lowest BCUT2D eigenvalue weighted by atomic mass is 9.78. The Morgan fingerprint density at radius 1 is 0.441 bits per heavy atom. The van der Waals surface area contributed by atoms with Crippen molar-refractivity contribution in [1.29, 1.82) is 0 Å². The van der Waals surface area contributed by atoms with Crippen LogP contribution in [0, 0.1) is 20.8 Å². The number of phenolic OH excluding ortho intramolecular Hbond substituents is 2. The first kappa shape index (κ1) is 45.5. The molecule has 5 aromatic rings. The quantitative estimate of drug-likeness (QED) is 0.138. The Kier molecular flexibility index (Phi) is 13.0. The lowest BCUT2D eigenvalue weighted by Crippen LogP contribution is -2.21. The van der Waals surface area contributed by atoms with E-state index in [-0.39, 0.29) is 33.2 Å². The molecule has 0 unspecified atom stereocenters. The summed E-state index contributed by atoms with van der Waals surface area (Å²) in [4.78, 5) is 2.30. The Morgan fingerprint density at radius 2 is 0.746 bits per heavy atom. The van der Waals surface area contributed by atoms with Crippen molar-refractivity contribution in [2.45, 2.75) is 138 Å². The van der Waals surface area contributed by atoms with Gasteiger partial charge in [-0.1, -0.05) is 119 Å². The minimum atomic E-state index is -0.0700. The van der Waals surface area contributed by atoms with Crippen LogP contribution in [0.5, 0.6) is 11.5 Å². The summed E-state index contributed by atoms with van der Waals surface area (Å²) in [6.07, 6.45) is 1.86. The number of methoxy groups -OCH3 is 1. The van der Waals surface area contributed by atoms with E-state index in [4.69, 9.17) is 4.74 Å². The summed E-state index contributed by atoms with van der Waals surface area (Å²) < 4.78 is 5.43. The van der Waals surface area contributed by atoms with Gasteiger partial charge in [-0.3, -0.25) is 0 Å². The zero-order valence-corrected chi connectivity index (χ0v) is 39.5. The van der Waals surface area contributed by atoms with Gasteiger partial charge in [0, 0.05) is 60.7 Å². The maximum absolute atomic E-state index is 12.6. The molecule has 0 radical (unpaired) electrons. The molecule has 0 saturated heterocycles. The lowest BCUT2D eigenvalue weighted by Gasteiger charge is -2.29. The number of nitrogens with zero attached hydrogens (tertiary/aromatic N) is 1. The Hall–Kier alpha value is -4.54. The van der Waals surface area contributed by atoms with Crippen LogP contribution in [0.4, 0.5) is 5.69 Å². The summed E-state index contributed by atoms with van der Waals surface area (Å²) in [5, 5.41) is 25.2. The Bertz CT molecular complexity index is 2100. The van der Waals surface area contributed by atoms with Gasteiger partial charge in [0.05, 0.1) is 5.69 Å². The van der Waals surface area contributed by atoms with E-state index < -0.39 is 0 Å². The molecule has 2 N–H and O–H groups in total. The number of phenols is 2. The molecule has 316 valence electrons. The summed E-state index contributed by atoms with van der Waals surface area (Å²) in [7, 11) is 3.89. The van der Waals surface area contributed by atoms with E-state index in [1.165, 1.54) is 22.3 Å². The smallest absolute Gasteiger partial charge is 0.131 e. The van der Waals surface area contributed by atoms with E-state index >= 15 is 0 Å². The molecule has 0 aromatic heterocycles. The third-order valence-corrected chi connectivity index (χ3v) is 11.8. The molecule has 0 saturated carbocycles. The summed E-state index contributed by atoms with van der Waals surface area (Å²) >= 11 is 0. The second kappa shape index (κ2) is 16.8. The van der Waals surface area contributed by atoms with Crippen LogP contribution in [0.15, 0.2) is 72.8 Å². The standard InChI is InChI=1S/C55H73NO3/c1-34-22-43(37-28-39(52(4,5)6)32-40(29-37)53(7,8)9)50(57)47(26-34)45-24-36(3)25-46(49(45)56(16)20-18-19-21-59-17)48-27-35(2)23-44(51(48)58)38-30-41(54(10,11)12)33-42(31-38)55(13,14)15/h22-33,57-58H,18-21H2,1-17H3. The minimum absolute atomic E-state index is 0.0700. The van der Waals surface area contributed by atoms with Crippen LogP contribution in [0.1, 0.15) is 135 Å². The van der Waals surface area contributed by atoms with E-state index in [0.29, 0.717) is 6.61 Å². The first-order valence-corrected chi connectivity index (χ1v) is 21.6. The molecule has 4 nitrogen and oxygen atoms in total. The third kappa shape index (κ3) is 10.3. The molecule has 0 bridgehead atoms. The normalized spacial score (nSPS) is 12.6. The maximum atomic E-state index is 12.6. The second-order valence-corrected chi connectivity index (χ2v) is 21.3. The van der Waals surface area contributed by atoms with E-state index in [0.717, 1.165) is 86.3 Å². The first-order valence-electron chi connectivity index (χ1n) is 21.6. The molecule has 5 aromatic carbocycles. The molecular weight excluding hydrogens is 723 g/mol. The van der Waals surface area contributed by atoms with Crippen molar-refractivity contribution in [2.75, 3.05) is 32.2 Å². The number of hydrogen-bond donors (Lipinski definition) is 2. The SMILES string of the molecule is COCCCCN(C)c1c(-c2cc(C)cc(-c3cc(C(C)(C)C)cc(C(C)(C)C)c3)c2O)cc(C)cc1-c1cc(C)cc(-c2cc(C(C)(C)C)cc(C(C)(C)C)c2)c1O. The molecule has 0 fully saturated rings. The Labute approximate surface area is 357 Å². The van der Waals surface area contributed by atoms with Crippen LogP contribution in [0.2, 0.25) is 0 Å². The molecule has 0 spiro atoms. The summed E-state index contributed by atoms with van der Waals surface area (Å²) in [5.74, 6) is 0.518. The molecule has 0 atom stereocenters. The monoisotopic (exact) mass is 796 g/mol. The van der Waals surface area contributed by atoms with Crippen molar-refractivity contribution in [3.8, 4) is 56.0 Å². The molecule has 5 rings (SSSR count). The van der Waals surface area contributed by atoms with Gasteiger partial charge < -0.3 is 19.8 Å². The number of anilines is 1. The summed E-state index contributed by atoms with van der Waals surface area (Å²) in [6.45, 7) is 34.8. The highest BCUT2D eigenvalue weighted by atomic mass is 16.5. The molecule has 0 heterocycles. The average Bonchev–Trinajstić information content (AvgIpc) is 3.12. The minimum Gasteiger partial charge on any atom is -0.507 e. The summed E-state index contributed by atoms with van der Waals surface area (Å²) in [6, 6.07) is 26.5. The van der Waals surface area contributed by atoms with Gasteiger partial charge >= 0.3 is 0 Å². The number of rotatable bonds is 10. The van der Waals surface area contributed by atoms with Crippen LogP contribution >= 0.6 is 0 Å². The van der Waals surface area contributed by atoms with Gasteiger partial charge in [-0.25, -0.2) is 0 Å². The highest BCUT2D eigenvalue weighted by Gasteiger charge is 2.27. The van der Waals surface area contributed by atoms with E-state index in [9.17, 15) is 10.2 Å². The highest BCUT2D eigenvalue weighted by Crippen LogP contribution is 2.50. The van der Waals surface area contributed by atoms with Crippen LogP contribution in [-0.2, 0) is 26.4 Å². The van der Waals surface area contributed by atoms with Gasteiger partial charge in [0.1, 0.15) is 11.5 Å². The van der Waals surface area contributed by atoms with Crippen molar-refractivity contribution < 1.29 is 14.9 Å². The molecule has 4 heteroatoms. The zero-order valence-electron chi connectivity index (χ0n) is 39.5. The van der Waals surface area contributed by atoms with Gasteiger partial charge in [0.15, 0.2) is 0 Å². The average molecular weight is 796 g/mol. The van der Waals surface area contributed by atoms with E-state index in [1.807, 2.05) is 0 Å². The number of aromatic hydroxyl groups is 2.